The van der Waals surface area contributed by atoms with E-state index in [2.05, 4.69) is 43.1 Å². The summed E-state index contributed by atoms with van der Waals surface area (Å²) in [7, 11) is -4.13. The minimum absolute atomic E-state index is 0.0318. The van der Waals surface area contributed by atoms with E-state index in [-0.39, 0.29) is 10.7 Å². The Kier molecular flexibility index (Phi) is 6.42. The Hall–Kier alpha value is -3.12. The molecule has 4 N–H and O–H groups in total. The van der Waals surface area contributed by atoms with Crippen molar-refractivity contribution < 1.29 is 8.42 Å². The van der Waals surface area contributed by atoms with Crippen molar-refractivity contribution in [1.82, 2.24) is 30.9 Å². The van der Waals surface area contributed by atoms with E-state index in [1.165, 1.54) is 17.3 Å². The molecule has 2 aromatic heterocycles. The number of aromatic nitrogens is 5. The Bertz CT molecular complexity index is 1370. The summed E-state index contributed by atoms with van der Waals surface area (Å²) in [5.41, 5.74) is 3.12. The van der Waals surface area contributed by atoms with Gasteiger partial charge in [0.25, 0.3) is 0 Å². The van der Waals surface area contributed by atoms with Crippen molar-refractivity contribution in [2.75, 3.05) is 13.1 Å². The second-order valence-corrected chi connectivity index (χ2v) is 10.6. The second-order valence-electron chi connectivity index (χ2n) is 8.03. The van der Waals surface area contributed by atoms with Gasteiger partial charge in [0.2, 0.25) is 15.8 Å². The van der Waals surface area contributed by atoms with Gasteiger partial charge in [-0.05, 0) is 72.0 Å². The summed E-state index contributed by atoms with van der Waals surface area (Å²) in [5, 5.41) is 23.4. The molecule has 5 rings (SSSR count). The summed E-state index contributed by atoms with van der Waals surface area (Å²) in [4.78, 5) is 5.29. The third kappa shape index (κ3) is 4.73. The number of hydrogen-bond donors (Lipinski definition) is 3. The van der Waals surface area contributed by atoms with E-state index in [1.54, 1.807) is 30.6 Å². The highest BCUT2D eigenvalue weighted by molar-refractivity contribution is 8.00. The Morgan fingerprint density at radius 3 is 2.35 bits per heavy atom. The van der Waals surface area contributed by atoms with Crippen LogP contribution in [0.15, 0.2) is 75.6 Å². The Morgan fingerprint density at radius 2 is 1.71 bits per heavy atom. The number of aromatic amines is 1. The Balaban J connectivity index is 1.64. The molecule has 3 heterocycles. The van der Waals surface area contributed by atoms with Crippen LogP contribution in [0, 0.1) is 0 Å². The number of nitrogens with two attached hydrogens (primary N) is 1. The molecule has 174 valence electrons. The number of rotatable bonds is 6. The molecular formula is C23H23N7O2S2. The van der Waals surface area contributed by atoms with Crippen LogP contribution in [0.5, 0.6) is 0 Å². The van der Waals surface area contributed by atoms with E-state index in [9.17, 15) is 8.42 Å². The van der Waals surface area contributed by atoms with Crippen LogP contribution in [-0.2, 0) is 10.0 Å². The van der Waals surface area contributed by atoms with Crippen LogP contribution >= 0.6 is 11.8 Å². The van der Waals surface area contributed by atoms with Crippen LogP contribution in [0.2, 0.25) is 0 Å². The lowest BCUT2D eigenvalue weighted by Crippen LogP contribution is -2.26. The van der Waals surface area contributed by atoms with Crippen LogP contribution < -0.4 is 10.5 Å². The lowest BCUT2D eigenvalue weighted by atomic mass is 9.89. The minimum atomic E-state index is -4.13. The van der Waals surface area contributed by atoms with E-state index >= 15 is 0 Å². The lowest BCUT2D eigenvalue weighted by Gasteiger charge is -2.23. The molecule has 34 heavy (non-hydrogen) atoms. The highest BCUT2D eigenvalue weighted by Gasteiger charge is 2.27. The second kappa shape index (κ2) is 9.63. The third-order valence-corrected chi connectivity index (χ3v) is 8.08. The predicted molar refractivity (Wildman–Crippen MR) is 130 cm³/mol. The average molecular weight is 494 g/mol. The number of sulfonamides is 1. The summed E-state index contributed by atoms with van der Waals surface area (Å²) in [6.07, 6.45) is 5.50. The van der Waals surface area contributed by atoms with Crippen LogP contribution in [-0.4, -0.2) is 47.1 Å². The summed E-state index contributed by atoms with van der Waals surface area (Å²) in [6.45, 7) is 2.03. The number of benzene rings is 2. The molecule has 0 saturated carbocycles. The highest BCUT2D eigenvalue weighted by atomic mass is 32.2. The molecule has 1 saturated heterocycles. The summed E-state index contributed by atoms with van der Waals surface area (Å²) in [5.74, 6) is 0.685. The molecule has 4 aromatic rings. The van der Waals surface area contributed by atoms with Crippen LogP contribution in [0.25, 0.3) is 22.5 Å². The van der Waals surface area contributed by atoms with Crippen molar-refractivity contribution in [1.29, 1.82) is 0 Å². The van der Waals surface area contributed by atoms with Crippen molar-refractivity contribution in [3.05, 3.63) is 66.5 Å². The number of primary sulfonamides is 1. The molecule has 0 unspecified atom stereocenters. The fourth-order valence-electron chi connectivity index (χ4n) is 4.28. The van der Waals surface area contributed by atoms with Gasteiger partial charge in [-0.2, -0.15) is 5.21 Å². The van der Waals surface area contributed by atoms with Crippen molar-refractivity contribution >= 4 is 21.8 Å². The van der Waals surface area contributed by atoms with Gasteiger partial charge < -0.3 is 5.32 Å². The highest BCUT2D eigenvalue weighted by Crippen LogP contribution is 2.42. The molecular weight excluding hydrogens is 470 g/mol. The van der Waals surface area contributed by atoms with Gasteiger partial charge >= 0.3 is 0 Å². The van der Waals surface area contributed by atoms with Gasteiger partial charge in [0, 0.05) is 22.2 Å². The first kappa shape index (κ1) is 22.7. The van der Waals surface area contributed by atoms with Crippen molar-refractivity contribution in [3.63, 3.8) is 0 Å². The van der Waals surface area contributed by atoms with Gasteiger partial charge in [-0.1, -0.05) is 42.1 Å². The zero-order valence-corrected chi connectivity index (χ0v) is 19.8. The summed E-state index contributed by atoms with van der Waals surface area (Å²) >= 11 is 1.29. The fourth-order valence-corrected chi connectivity index (χ4v) is 6.43. The normalized spacial score (nSPS) is 14.9. The molecule has 0 amide bonds. The van der Waals surface area contributed by atoms with Gasteiger partial charge in [-0.25, -0.2) is 13.6 Å². The summed E-state index contributed by atoms with van der Waals surface area (Å²) < 4.78 is 25.7. The first-order chi connectivity index (χ1) is 16.5. The Labute approximate surface area is 201 Å². The standard InChI is InChI=1S/C23H23N7O2S2/c24-34(31,32)22-20(33-18-9-13-26-14-10-18)6-5-19(21(22)23-27-29-30-28-23)17-3-1-15(2-4-17)16-7-11-25-12-8-16/h1-6,9-10,13-14,16,25H,7-8,11-12H2,(H2,24,31,32)(H,27,28,29,30). The van der Waals surface area contributed by atoms with Crippen LogP contribution in [0.1, 0.15) is 24.3 Å². The molecule has 9 nitrogen and oxygen atoms in total. The van der Waals surface area contributed by atoms with Gasteiger partial charge in [0.05, 0.1) is 5.56 Å². The van der Waals surface area contributed by atoms with Gasteiger partial charge in [0.15, 0.2) is 0 Å². The van der Waals surface area contributed by atoms with E-state index in [0.29, 0.717) is 21.9 Å². The number of piperidine rings is 1. The molecule has 0 atom stereocenters. The molecule has 0 spiro atoms. The smallest absolute Gasteiger partial charge is 0.239 e. The Morgan fingerprint density at radius 1 is 0.971 bits per heavy atom. The van der Waals surface area contributed by atoms with Gasteiger partial charge in [-0.3, -0.25) is 4.98 Å². The molecule has 2 aromatic carbocycles. The first-order valence-corrected chi connectivity index (χ1v) is 13.2. The zero-order valence-electron chi connectivity index (χ0n) is 18.2. The zero-order chi connectivity index (χ0) is 23.5. The quantitative estimate of drug-likeness (QED) is 0.372. The fraction of sp³-hybridized carbons (Fsp3) is 0.217. The lowest BCUT2D eigenvalue weighted by molar-refractivity contribution is 0.460. The third-order valence-electron chi connectivity index (χ3n) is 5.88. The van der Waals surface area contributed by atoms with E-state index in [0.717, 1.165) is 36.4 Å². The SMILES string of the molecule is NS(=O)(=O)c1c(Sc2ccncc2)ccc(-c2ccc(C3CCNCC3)cc2)c1-c1nn[nH]n1. The molecule has 1 aliphatic heterocycles. The van der Waals surface area contributed by atoms with Crippen LogP contribution in [0.4, 0.5) is 0 Å². The van der Waals surface area contributed by atoms with Crippen molar-refractivity contribution in [2.45, 2.75) is 33.4 Å². The molecule has 1 aliphatic rings. The molecule has 1 fully saturated rings. The number of H-pyrrole nitrogens is 1. The maximum absolute atomic E-state index is 12.9. The molecule has 11 heteroatoms. The molecule has 0 radical (unpaired) electrons. The monoisotopic (exact) mass is 493 g/mol. The van der Waals surface area contributed by atoms with Crippen LogP contribution in [0.3, 0.4) is 0 Å². The average Bonchev–Trinajstić information content (AvgIpc) is 3.39. The number of hydrogen-bond acceptors (Lipinski definition) is 8. The first-order valence-electron chi connectivity index (χ1n) is 10.8. The molecule has 0 bridgehead atoms. The topological polar surface area (TPSA) is 140 Å². The van der Waals surface area contributed by atoms with E-state index in [4.69, 9.17) is 5.14 Å². The number of nitrogens with zero attached hydrogens (tertiary/aromatic N) is 4. The van der Waals surface area contributed by atoms with E-state index in [1.807, 2.05) is 18.2 Å². The minimum Gasteiger partial charge on any atom is -0.317 e. The molecule has 0 aliphatic carbocycles. The van der Waals surface area contributed by atoms with Crippen molar-refractivity contribution in [2.24, 2.45) is 5.14 Å². The number of tetrazole rings is 1. The maximum Gasteiger partial charge on any atom is 0.239 e. The number of pyridine rings is 1. The number of nitrogens with one attached hydrogen (secondary N) is 2. The van der Waals surface area contributed by atoms with E-state index < -0.39 is 10.0 Å². The van der Waals surface area contributed by atoms with Gasteiger partial charge in [0.1, 0.15) is 4.90 Å². The predicted octanol–water partition coefficient (Wildman–Crippen LogP) is 3.19. The largest absolute Gasteiger partial charge is 0.317 e. The van der Waals surface area contributed by atoms with Crippen molar-refractivity contribution in [3.8, 4) is 22.5 Å². The summed E-state index contributed by atoms with van der Waals surface area (Å²) in [6, 6.07) is 15.5. The van der Waals surface area contributed by atoms with Gasteiger partial charge in [-0.15, -0.1) is 10.2 Å². The maximum atomic E-state index is 12.9.